The molecule has 1 amide bonds. The van der Waals surface area contributed by atoms with Crippen molar-refractivity contribution in [2.45, 2.75) is 39.5 Å². The van der Waals surface area contributed by atoms with Crippen LogP contribution in [-0.4, -0.2) is 17.7 Å². The first-order valence-electron chi connectivity index (χ1n) is 8.10. The first-order valence-corrected chi connectivity index (χ1v) is 8.10. The summed E-state index contributed by atoms with van der Waals surface area (Å²) >= 11 is 0. The largest absolute Gasteiger partial charge is 0.457 e. The molecular weight excluding hydrogens is 318 g/mol. The third-order valence-corrected chi connectivity index (χ3v) is 3.24. The Kier molecular flexibility index (Phi) is 6.17. The van der Waals surface area contributed by atoms with Crippen LogP contribution < -0.4 is 5.32 Å². The van der Waals surface area contributed by atoms with Gasteiger partial charge in [-0.05, 0) is 44.0 Å². The average molecular weight is 341 g/mol. The molecule has 0 spiro atoms. The van der Waals surface area contributed by atoms with Crippen molar-refractivity contribution in [1.29, 1.82) is 0 Å². The molecule has 132 valence electrons. The van der Waals surface area contributed by atoms with E-state index in [4.69, 9.17) is 9.47 Å². The maximum absolute atomic E-state index is 12.0. The highest BCUT2D eigenvalue weighted by atomic mass is 16.6. The lowest BCUT2D eigenvalue weighted by Crippen LogP contribution is -2.32. The fraction of sp³-hybridized carbons (Fsp3) is 0.300. The van der Waals surface area contributed by atoms with Gasteiger partial charge in [-0.1, -0.05) is 42.5 Å². The molecule has 2 aromatic carbocycles. The molecule has 0 aromatic heterocycles. The van der Waals surface area contributed by atoms with Crippen LogP contribution in [0.3, 0.4) is 0 Å². The van der Waals surface area contributed by atoms with Crippen molar-refractivity contribution in [3.63, 3.8) is 0 Å². The summed E-state index contributed by atoms with van der Waals surface area (Å²) in [6.45, 7) is 5.99. The van der Waals surface area contributed by atoms with Gasteiger partial charge in [0, 0.05) is 6.54 Å². The van der Waals surface area contributed by atoms with Crippen LogP contribution in [0.5, 0.6) is 0 Å². The van der Waals surface area contributed by atoms with Gasteiger partial charge in [-0.25, -0.2) is 9.59 Å². The van der Waals surface area contributed by atoms with E-state index in [-0.39, 0.29) is 12.6 Å². The van der Waals surface area contributed by atoms with E-state index in [1.54, 1.807) is 24.3 Å². The van der Waals surface area contributed by atoms with Crippen molar-refractivity contribution >= 4 is 12.1 Å². The van der Waals surface area contributed by atoms with Gasteiger partial charge < -0.3 is 14.8 Å². The zero-order chi connectivity index (χ0) is 18.3. The molecule has 0 saturated carbocycles. The summed E-state index contributed by atoms with van der Waals surface area (Å²) < 4.78 is 10.4. The molecule has 0 bridgehead atoms. The number of nitrogens with one attached hydrogen (secondary N) is 1. The minimum atomic E-state index is -0.531. The number of esters is 1. The molecular formula is C20H23NO4. The summed E-state index contributed by atoms with van der Waals surface area (Å²) in [4.78, 5) is 23.7. The van der Waals surface area contributed by atoms with E-state index >= 15 is 0 Å². The Bertz CT molecular complexity index is 703. The van der Waals surface area contributed by atoms with Crippen LogP contribution in [-0.2, 0) is 22.6 Å². The zero-order valence-corrected chi connectivity index (χ0v) is 14.7. The van der Waals surface area contributed by atoms with Crippen molar-refractivity contribution in [1.82, 2.24) is 5.32 Å². The standard InChI is InChI=1S/C20H23NO4/c1-20(2,3)25-19(23)21-13-15-9-11-17(12-10-15)18(22)24-14-16-7-5-4-6-8-16/h4-12H,13-14H2,1-3H3,(H,21,23). The average Bonchev–Trinajstić information content (AvgIpc) is 2.58. The fourth-order valence-corrected chi connectivity index (χ4v) is 2.05. The van der Waals surface area contributed by atoms with Crippen molar-refractivity contribution in [3.05, 3.63) is 71.3 Å². The van der Waals surface area contributed by atoms with Crippen LogP contribution in [0.25, 0.3) is 0 Å². The predicted molar refractivity (Wildman–Crippen MR) is 95.1 cm³/mol. The van der Waals surface area contributed by atoms with Gasteiger partial charge in [0.15, 0.2) is 0 Å². The maximum Gasteiger partial charge on any atom is 0.407 e. The Morgan fingerprint density at radius 1 is 0.920 bits per heavy atom. The molecule has 0 aliphatic rings. The lowest BCUT2D eigenvalue weighted by atomic mass is 10.1. The predicted octanol–water partition coefficient (Wildman–Crippen LogP) is 4.07. The molecule has 1 N–H and O–H groups in total. The Morgan fingerprint density at radius 3 is 2.16 bits per heavy atom. The second-order valence-electron chi connectivity index (χ2n) is 6.61. The van der Waals surface area contributed by atoms with Gasteiger partial charge in [0.2, 0.25) is 0 Å². The molecule has 0 aliphatic carbocycles. The first kappa shape index (κ1) is 18.5. The molecule has 5 heteroatoms. The van der Waals surface area contributed by atoms with Gasteiger partial charge in [0.25, 0.3) is 0 Å². The summed E-state index contributed by atoms with van der Waals surface area (Å²) in [5, 5.41) is 2.67. The quantitative estimate of drug-likeness (QED) is 0.833. The molecule has 0 fully saturated rings. The van der Waals surface area contributed by atoms with E-state index in [9.17, 15) is 9.59 Å². The number of rotatable bonds is 5. The van der Waals surface area contributed by atoms with Crippen LogP contribution in [0, 0.1) is 0 Å². The second kappa shape index (κ2) is 8.33. The Hall–Kier alpha value is -2.82. The smallest absolute Gasteiger partial charge is 0.407 e. The van der Waals surface area contributed by atoms with Crippen LogP contribution in [0.4, 0.5) is 4.79 Å². The number of carbonyl (C=O) groups is 2. The lowest BCUT2D eigenvalue weighted by Gasteiger charge is -2.19. The number of ether oxygens (including phenoxy) is 2. The number of hydrogen-bond acceptors (Lipinski definition) is 4. The Labute approximate surface area is 148 Å². The van der Waals surface area contributed by atoms with E-state index in [2.05, 4.69) is 5.32 Å². The van der Waals surface area contributed by atoms with E-state index in [0.29, 0.717) is 12.1 Å². The first-order chi connectivity index (χ1) is 11.8. The molecule has 0 atom stereocenters. The molecule has 0 aliphatic heterocycles. The normalized spacial score (nSPS) is 10.8. The molecule has 0 unspecified atom stereocenters. The van der Waals surface area contributed by atoms with E-state index in [1.807, 2.05) is 51.1 Å². The number of carbonyl (C=O) groups excluding carboxylic acids is 2. The van der Waals surface area contributed by atoms with Gasteiger partial charge in [0.1, 0.15) is 12.2 Å². The van der Waals surface area contributed by atoms with Gasteiger partial charge >= 0.3 is 12.1 Å². The summed E-state index contributed by atoms with van der Waals surface area (Å²) in [7, 11) is 0. The van der Waals surface area contributed by atoms with E-state index in [1.165, 1.54) is 0 Å². The van der Waals surface area contributed by atoms with Crippen molar-refractivity contribution in [3.8, 4) is 0 Å². The highest BCUT2D eigenvalue weighted by Crippen LogP contribution is 2.10. The highest BCUT2D eigenvalue weighted by Gasteiger charge is 2.15. The Morgan fingerprint density at radius 2 is 1.56 bits per heavy atom. The van der Waals surface area contributed by atoms with E-state index < -0.39 is 11.7 Å². The number of alkyl carbamates (subject to hydrolysis) is 1. The zero-order valence-electron chi connectivity index (χ0n) is 14.7. The highest BCUT2D eigenvalue weighted by molar-refractivity contribution is 5.89. The third-order valence-electron chi connectivity index (χ3n) is 3.24. The molecule has 2 rings (SSSR count). The number of amides is 1. The van der Waals surface area contributed by atoms with Gasteiger partial charge in [-0.3, -0.25) is 0 Å². The van der Waals surface area contributed by atoms with Crippen molar-refractivity contribution in [2.24, 2.45) is 0 Å². The lowest BCUT2D eigenvalue weighted by molar-refractivity contribution is 0.0470. The number of hydrogen-bond donors (Lipinski definition) is 1. The van der Waals surface area contributed by atoms with Crippen LogP contribution >= 0.6 is 0 Å². The van der Waals surface area contributed by atoms with Crippen LogP contribution in [0.2, 0.25) is 0 Å². The maximum atomic E-state index is 12.0. The molecule has 0 saturated heterocycles. The SMILES string of the molecule is CC(C)(C)OC(=O)NCc1ccc(C(=O)OCc2ccccc2)cc1. The topological polar surface area (TPSA) is 64.6 Å². The van der Waals surface area contributed by atoms with Gasteiger partial charge in [0.05, 0.1) is 5.56 Å². The molecule has 2 aromatic rings. The second-order valence-corrected chi connectivity index (χ2v) is 6.61. The third kappa shape index (κ3) is 6.67. The monoisotopic (exact) mass is 341 g/mol. The summed E-state index contributed by atoms with van der Waals surface area (Å²) in [5.74, 6) is -0.379. The Balaban J connectivity index is 1.82. The van der Waals surface area contributed by atoms with E-state index in [0.717, 1.165) is 11.1 Å². The molecule has 5 nitrogen and oxygen atoms in total. The van der Waals surface area contributed by atoms with Crippen LogP contribution in [0.1, 0.15) is 42.3 Å². The summed E-state index contributed by atoms with van der Waals surface area (Å²) in [6, 6.07) is 16.4. The summed E-state index contributed by atoms with van der Waals surface area (Å²) in [5.41, 5.74) is 1.74. The summed E-state index contributed by atoms with van der Waals surface area (Å²) in [6.07, 6.45) is -0.473. The minimum Gasteiger partial charge on any atom is -0.457 e. The molecule has 0 radical (unpaired) electrons. The van der Waals surface area contributed by atoms with Crippen LogP contribution in [0.15, 0.2) is 54.6 Å². The van der Waals surface area contributed by atoms with Crippen molar-refractivity contribution < 1.29 is 19.1 Å². The molecule has 25 heavy (non-hydrogen) atoms. The molecule has 0 heterocycles. The number of benzene rings is 2. The van der Waals surface area contributed by atoms with Gasteiger partial charge in [-0.2, -0.15) is 0 Å². The van der Waals surface area contributed by atoms with Crippen molar-refractivity contribution in [2.75, 3.05) is 0 Å². The minimum absolute atomic E-state index is 0.238. The fourth-order valence-electron chi connectivity index (χ4n) is 2.05. The van der Waals surface area contributed by atoms with Gasteiger partial charge in [-0.15, -0.1) is 0 Å².